The normalized spacial score (nSPS) is 16.6. The summed E-state index contributed by atoms with van der Waals surface area (Å²) >= 11 is 0. The molecule has 0 spiro atoms. The molecule has 0 saturated carbocycles. The second-order valence-corrected chi connectivity index (χ2v) is 11.9. The van der Waals surface area contributed by atoms with Crippen molar-refractivity contribution in [2.24, 2.45) is 0 Å². The second kappa shape index (κ2) is 13.4. The van der Waals surface area contributed by atoms with Crippen LogP contribution in [0.5, 0.6) is 5.75 Å². The number of ether oxygens (including phenoxy) is 3. The number of benzene rings is 2. The van der Waals surface area contributed by atoms with E-state index in [4.69, 9.17) is 19.0 Å². The lowest BCUT2D eigenvalue weighted by atomic mass is 10.0. The molecular formula is C27H38N2O8S. The molecule has 0 radical (unpaired) electrons. The lowest BCUT2D eigenvalue weighted by Crippen LogP contribution is -2.52. The van der Waals surface area contributed by atoms with Gasteiger partial charge >= 0.3 is 6.09 Å². The van der Waals surface area contributed by atoms with E-state index < -0.39 is 46.5 Å². The molecule has 210 valence electrons. The van der Waals surface area contributed by atoms with Crippen LogP contribution in [0.25, 0.3) is 0 Å². The molecule has 1 amide bonds. The number of carbonyl (C=O) groups is 1. The molecule has 1 fully saturated rings. The van der Waals surface area contributed by atoms with Crippen molar-refractivity contribution in [2.75, 3.05) is 26.9 Å². The van der Waals surface area contributed by atoms with E-state index in [9.17, 15) is 18.3 Å². The fourth-order valence-electron chi connectivity index (χ4n) is 3.90. The third-order valence-electron chi connectivity index (χ3n) is 5.86. The number of carbonyl (C=O) groups excluding carboxylic acids is 1. The Balaban J connectivity index is 1.87. The van der Waals surface area contributed by atoms with Crippen molar-refractivity contribution in [3.8, 4) is 5.75 Å². The Labute approximate surface area is 224 Å². The summed E-state index contributed by atoms with van der Waals surface area (Å²) in [6.07, 6.45) is -1.18. The molecule has 0 aromatic heterocycles. The first-order valence-electron chi connectivity index (χ1n) is 12.6. The van der Waals surface area contributed by atoms with Gasteiger partial charge in [-0.05, 0) is 69.9 Å². The van der Waals surface area contributed by atoms with Crippen molar-refractivity contribution in [3.05, 3.63) is 60.2 Å². The van der Waals surface area contributed by atoms with Crippen molar-refractivity contribution in [3.63, 3.8) is 0 Å². The number of nitrogens with one attached hydrogen (secondary N) is 1. The number of alkyl carbamates (subject to hydrolysis) is 1. The van der Waals surface area contributed by atoms with Crippen molar-refractivity contribution in [1.82, 2.24) is 9.79 Å². The van der Waals surface area contributed by atoms with Crippen LogP contribution >= 0.6 is 0 Å². The van der Waals surface area contributed by atoms with Gasteiger partial charge in [-0.25, -0.2) is 13.2 Å². The Morgan fingerprint density at radius 1 is 1.11 bits per heavy atom. The molecule has 1 heterocycles. The van der Waals surface area contributed by atoms with E-state index in [0.29, 0.717) is 31.8 Å². The van der Waals surface area contributed by atoms with Gasteiger partial charge in [0, 0.05) is 13.2 Å². The first-order valence-corrected chi connectivity index (χ1v) is 14.0. The highest BCUT2D eigenvalue weighted by Crippen LogP contribution is 2.24. The minimum atomic E-state index is -4.17. The molecular weight excluding hydrogens is 512 g/mol. The summed E-state index contributed by atoms with van der Waals surface area (Å²) in [4.78, 5) is 18.5. The van der Waals surface area contributed by atoms with Crippen LogP contribution in [0.4, 0.5) is 4.79 Å². The molecule has 0 unspecified atom stereocenters. The van der Waals surface area contributed by atoms with Crippen LogP contribution in [0.3, 0.4) is 0 Å². The summed E-state index contributed by atoms with van der Waals surface area (Å²) in [6.45, 7) is 5.68. The molecule has 10 nitrogen and oxygen atoms in total. The van der Waals surface area contributed by atoms with Crippen molar-refractivity contribution >= 4 is 16.1 Å². The number of methoxy groups -OCH3 is 1. The highest BCUT2D eigenvalue weighted by atomic mass is 32.2. The number of rotatable bonds is 11. The molecule has 2 aromatic carbocycles. The number of sulfonamides is 1. The maximum Gasteiger partial charge on any atom is 0.407 e. The van der Waals surface area contributed by atoms with Gasteiger partial charge in [0.05, 0.1) is 36.8 Å². The molecule has 38 heavy (non-hydrogen) atoms. The van der Waals surface area contributed by atoms with Gasteiger partial charge in [0.25, 0.3) is 10.0 Å². The van der Waals surface area contributed by atoms with Crippen molar-refractivity contribution < 1.29 is 37.4 Å². The topological polar surface area (TPSA) is 124 Å². The number of aliphatic hydroxyl groups is 1. The Hall–Kier alpha value is -2.70. The Morgan fingerprint density at radius 2 is 1.74 bits per heavy atom. The minimum Gasteiger partial charge on any atom is -0.497 e. The summed E-state index contributed by atoms with van der Waals surface area (Å²) < 4.78 is 44.0. The number of hydroxylamine groups is 1. The van der Waals surface area contributed by atoms with Gasteiger partial charge in [-0.3, -0.25) is 4.84 Å². The highest BCUT2D eigenvalue weighted by molar-refractivity contribution is 7.89. The average molecular weight is 551 g/mol. The molecule has 11 heteroatoms. The van der Waals surface area contributed by atoms with E-state index in [1.807, 2.05) is 30.3 Å². The zero-order valence-electron chi connectivity index (χ0n) is 22.3. The van der Waals surface area contributed by atoms with Crippen LogP contribution in [0.15, 0.2) is 59.5 Å². The number of nitrogens with zero attached hydrogens (tertiary/aromatic N) is 1. The lowest BCUT2D eigenvalue weighted by Gasteiger charge is -2.32. The van der Waals surface area contributed by atoms with E-state index in [-0.39, 0.29) is 11.3 Å². The first-order chi connectivity index (χ1) is 18.0. The van der Waals surface area contributed by atoms with Gasteiger partial charge in [-0.2, -0.15) is 0 Å². The van der Waals surface area contributed by atoms with Crippen molar-refractivity contribution in [1.29, 1.82) is 0 Å². The Morgan fingerprint density at radius 3 is 2.32 bits per heavy atom. The predicted octanol–water partition coefficient (Wildman–Crippen LogP) is 3.29. The van der Waals surface area contributed by atoms with Gasteiger partial charge in [0.15, 0.2) is 0 Å². The quantitative estimate of drug-likeness (QED) is 0.409. The van der Waals surface area contributed by atoms with Gasteiger partial charge in [-0.15, -0.1) is 0 Å². The fraction of sp³-hybridized carbons (Fsp3) is 0.519. The fourth-order valence-corrected chi connectivity index (χ4v) is 5.20. The van der Waals surface area contributed by atoms with Crippen LogP contribution in [0, 0.1) is 0 Å². The van der Waals surface area contributed by atoms with Crippen LogP contribution in [0.2, 0.25) is 0 Å². The predicted molar refractivity (Wildman–Crippen MR) is 141 cm³/mol. The zero-order chi connectivity index (χ0) is 27.8. The number of aliphatic hydroxyl groups excluding tert-OH is 1. The van der Waals surface area contributed by atoms with Crippen LogP contribution in [-0.4, -0.2) is 74.8 Å². The SMILES string of the molecule is COc1ccc(S(=O)(=O)N(C[C@H](O)[C@H](Cc2ccccc2)NC(=O)OC(C)(C)C)OC2CCOCC2)cc1. The summed E-state index contributed by atoms with van der Waals surface area (Å²) in [6, 6.07) is 14.3. The molecule has 0 bridgehead atoms. The van der Waals surface area contributed by atoms with E-state index in [2.05, 4.69) is 5.32 Å². The third kappa shape index (κ3) is 8.95. The van der Waals surface area contributed by atoms with E-state index >= 15 is 0 Å². The van der Waals surface area contributed by atoms with Gasteiger partial charge in [0.1, 0.15) is 11.4 Å². The maximum atomic E-state index is 13.6. The monoisotopic (exact) mass is 550 g/mol. The smallest absolute Gasteiger partial charge is 0.407 e. The summed E-state index contributed by atoms with van der Waals surface area (Å²) in [5.74, 6) is 0.505. The number of hydrogen-bond acceptors (Lipinski definition) is 8. The molecule has 2 atom stereocenters. The third-order valence-corrected chi connectivity index (χ3v) is 7.50. The molecule has 1 aliphatic heterocycles. The van der Waals surface area contributed by atoms with Gasteiger partial charge in [-0.1, -0.05) is 34.8 Å². The molecule has 2 aromatic rings. The molecule has 3 rings (SSSR count). The molecule has 0 aliphatic carbocycles. The van der Waals surface area contributed by atoms with Gasteiger partial charge in [0.2, 0.25) is 0 Å². The summed E-state index contributed by atoms with van der Waals surface area (Å²) in [7, 11) is -2.68. The molecule has 1 aliphatic rings. The van der Waals surface area contributed by atoms with Gasteiger partial charge < -0.3 is 24.6 Å². The van der Waals surface area contributed by atoms with Crippen LogP contribution < -0.4 is 10.1 Å². The molecule has 2 N–H and O–H groups in total. The number of hydrogen-bond donors (Lipinski definition) is 2. The molecule has 1 saturated heterocycles. The van der Waals surface area contributed by atoms with E-state index in [0.717, 1.165) is 10.0 Å². The zero-order valence-corrected chi connectivity index (χ0v) is 23.1. The largest absolute Gasteiger partial charge is 0.497 e. The standard InChI is InChI=1S/C27H38N2O8S/c1-27(2,3)36-26(31)28-24(18-20-8-6-5-7-9-20)25(30)19-29(37-22-14-16-35-17-15-22)38(32,33)23-12-10-21(34-4)11-13-23/h5-13,22,24-25,30H,14-19H2,1-4H3,(H,28,31)/t24-,25-/m0/s1. The van der Waals surface area contributed by atoms with E-state index in [1.165, 1.54) is 31.4 Å². The van der Waals surface area contributed by atoms with Crippen molar-refractivity contribution in [2.45, 2.75) is 68.8 Å². The summed E-state index contributed by atoms with van der Waals surface area (Å²) in [5.41, 5.74) is 0.102. The van der Waals surface area contributed by atoms with Crippen LogP contribution in [0.1, 0.15) is 39.2 Å². The minimum absolute atomic E-state index is 0.0164. The van der Waals surface area contributed by atoms with Crippen LogP contribution in [-0.2, 0) is 30.8 Å². The first kappa shape index (κ1) is 29.9. The maximum absolute atomic E-state index is 13.6. The average Bonchev–Trinajstić information content (AvgIpc) is 2.88. The Kier molecular flexibility index (Phi) is 10.5. The highest BCUT2D eigenvalue weighted by Gasteiger charge is 2.34. The number of amides is 1. The Bertz CT molecular complexity index is 1110. The lowest BCUT2D eigenvalue weighted by molar-refractivity contribution is -0.170. The van der Waals surface area contributed by atoms with E-state index in [1.54, 1.807) is 20.8 Å². The second-order valence-electron chi connectivity index (χ2n) is 10.1. The summed E-state index contributed by atoms with van der Waals surface area (Å²) in [5, 5.41) is 14.0.